The molecule has 0 radical (unpaired) electrons. The molecule has 0 atom stereocenters. The average molecular weight is 258 g/mol. The second kappa shape index (κ2) is 10.2. The summed E-state index contributed by atoms with van der Waals surface area (Å²) < 4.78 is 0. The van der Waals surface area contributed by atoms with Gasteiger partial charge in [-0.15, -0.1) is 0 Å². The topological polar surface area (TPSA) is 15.3 Å². The van der Waals surface area contributed by atoms with E-state index < -0.39 is 0 Å². The van der Waals surface area contributed by atoms with E-state index in [2.05, 4.69) is 35.8 Å². The van der Waals surface area contributed by atoms with Crippen LogP contribution in [0.15, 0.2) is 0 Å². The summed E-state index contributed by atoms with van der Waals surface area (Å²) in [4.78, 5) is 2.63. The number of hydrogen-bond acceptors (Lipinski definition) is 3. The Morgan fingerprint density at radius 3 is 2.47 bits per heavy atom. The molecule has 0 bridgehead atoms. The molecular formula is C14H30N2S. The van der Waals surface area contributed by atoms with Gasteiger partial charge in [0, 0.05) is 24.6 Å². The van der Waals surface area contributed by atoms with Crippen LogP contribution in [-0.2, 0) is 0 Å². The third-order valence-corrected chi connectivity index (χ3v) is 4.18. The van der Waals surface area contributed by atoms with Crippen molar-refractivity contribution in [2.75, 3.05) is 44.2 Å². The minimum absolute atomic E-state index is 0.784. The van der Waals surface area contributed by atoms with Crippen molar-refractivity contribution in [3.8, 4) is 0 Å². The summed E-state index contributed by atoms with van der Waals surface area (Å²) in [7, 11) is 0. The van der Waals surface area contributed by atoms with Gasteiger partial charge in [0.2, 0.25) is 0 Å². The van der Waals surface area contributed by atoms with Crippen molar-refractivity contribution in [2.45, 2.75) is 39.5 Å². The second-order valence-corrected chi connectivity index (χ2v) is 6.69. The molecule has 1 aliphatic rings. The predicted molar refractivity (Wildman–Crippen MR) is 79.9 cm³/mol. The van der Waals surface area contributed by atoms with Crippen LogP contribution in [0.2, 0.25) is 0 Å². The molecule has 0 aromatic carbocycles. The van der Waals surface area contributed by atoms with Crippen LogP contribution >= 0.6 is 11.8 Å². The van der Waals surface area contributed by atoms with Gasteiger partial charge >= 0.3 is 0 Å². The van der Waals surface area contributed by atoms with Crippen LogP contribution in [0.25, 0.3) is 0 Å². The first kappa shape index (κ1) is 15.3. The lowest BCUT2D eigenvalue weighted by Crippen LogP contribution is -2.33. The van der Waals surface area contributed by atoms with Gasteiger partial charge in [-0.05, 0) is 38.4 Å². The highest BCUT2D eigenvalue weighted by Gasteiger charge is 2.08. The molecule has 102 valence electrons. The zero-order valence-corrected chi connectivity index (χ0v) is 12.5. The van der Waals surface area contributed by atoms with E-state index in [1.165, 1.54) is 69.9 Å². The Kier molecular flexibility index (Phi) is 9.21. The standard InChI is InChI=1S/C14H30N2S/c1-14(2)13-15-7-5-3-4-6-8-16-9-11-17-12-10-16/h14-15H,3-13H2,1-2H3. The Hall–Kier alpha value is 0.270. The van der Waals surface area contributed by atoms with E-state index in [0.717, 1.165) is 5.92 Å². The third kappa shape index (κ3) is 8.92. The first-order valence-corrected chi connectivity index (χ1v) is 8.45. The fourth-order valence-corrected chi connectivity index (χ4v) is 3.13. The Morgan fingerprint density at radius 1 is 1.06 bits per heavy atom. The maximum Gasteiger partial charge on any atom is 0.00727 e. The van der Waals surface area contributed by atoms with Crippen LogP contribution in [0.3, 0.4) is 0 Å². The molecule has 1 heterocycles. The Bertz CT molecular complexity index is 168. The summed E-state index contributed by atoms with van der Waals surface area (Å²) >= 11 is 2.10. The zero-order chi connectivity index (χ0) is 12.3. The molecule has 3 heteroatoms. The summed E-state index contributed by atoms with van der Waals surface area (Å²) in [6.07, 6.45) is 5.55. The summed E-state index contributed by atoms with van der Waals surface area (Å²) in [5.41, 5.74) is 0. The van der Waals surface area contributed by atoms with Gasteiger partial charge in [-0.25, -0.2) is 0 Å². The van der Waals surface area contributed by atoms with Crippen molar-refractivity contribution in [1.82, 2.24) is 10.2 Å². The lowest BCUT2D eigenvalue weighted by Gasteiger charge is -2.25. The van der Waals surface area contributed by atoms with E-state index in [0.29, 0.717) is 0 Å². The van der Waals surface area contributed by atoms with E-state index in [1.54, 1.807) is 0 Å². The van der Waals surface area contributed by atoms with E-state index in [4.69, 9.17) is 0 Å². The molecule has 0 amide bonds. The van der Waals surface area contributed by atoms with Crippen LogP contribution in [0.1, 0.15) is 39.5 Å². The van der Waals surface area contributed by atoms with E-state index in [9.17, 15) is 0 Å². The number of rotatable bonds is 9. The first-order chi connectivity index (χ1) is 8.29. The molecule has 17 heavy (non-hydrogen) atoms. The lowest BCUT2D eigenvalue weighted by atomic mass is 10.1. The van der Waals surface area contributed by atoms with Crippen molar-refractivity contribution < 1.29 is 0 Å². The van der Waals surface area contributed by atoms with E-state index >= 15 is 0 Å². The van der Waals surface area contributed by atoms with Crippen molar-refractivity contribution in [3.63, 3.8) is 0 Å². The molecule has 0 unspecified atom stereocenters. The zero-order valence-electron chi connectivity index (χ0n) is 11.7. The molecule has 1 N–H and O–H groups in total. The lowest BCUT2D eigenvalue weighted by molar-refractivity contribution is 0.294. The van der Waals surface area contributed by atoms with Gasteiger partial charge in [-0.3, -0.25) is 0 Å². The third-order valence-electron chi connectivity index (χ3n) is 3.23. The van der Waals surface area contributed by atoms with Gasteiger partial charge < -0.3 is 10.2 Å². The summed E-state index contributed by atoms with van der Waals surface area (Å²) in [6.45, 7) is 10.9. The van der Waals surface area contributed by atoms with Crippen LogP contribution in [0, 0.1) is 5.92 Å². The molecule has 0 spiro atoms. The fraction of sp³-hybridized carbons (Fsp3) is 1.00. The molecule has 1 aliphatic heterocycles. The van der Waals surface area contributed by atoms with Gasteiger partial charge in [0.25, 0.3) is 0 Å². The van der Waals surface area contributed by atoms with Crippen molar-refractivity contribution in [2.24, 2.45) is 5.92 Å². The van der Waals surface area contributed by atoms with E-state index in [-0.39, 0.29) is 0 Å². The SMILES string of the molecule is CC(C)CNCCCCCCN1CCSCC1. The molecule has 1 rings (SSSR count). The quantitative estimate of drug-likeness (QED) is 0.640. The highest BCUT2D eigenvalue weighted by atomic mass is 32.2. The van der Waals surface area contributed by atoms with Gasteiger partial charge in [0.1, 0.15) is 0 Å². The molecule has 0 aromatic heterocycles. The van der Waals surface area contributed by atoms with E-state index in [1.807, 2.05) is 0 Å². The normalized spacial score (nSPS) is 17.8. The van der Waals surface area contributed by atoms with Crippen LogP contribution in [-0.4, -0.2) is 49.1 Å². The average Bonchev–Trinajstić information content (AvgIpc) is 2.33. The highest BCUT2D eigenvalue weighted by molar-refractivity contribution is 7.99. The van der Waals surface area contributed by atoms with Gasteiger partial charge in [-0.2, -0.15) is 11.8 Å². The number of unbranched alkanes of at least 4 members (excludes halogenated alkanes) is 3. The largest absolute Gasteiger partial charge is 0.316 e. The number of thioether (sulfide) groups is 1. The summed E-state index contributed by atoms with van der Waals surface area (Å²) in [5.74, 6) is 3.48. The second-order valence-electron chi connectivity index (χ2n) is 5.47. The molecule has 1 saturated heterocycles. The van der Waals surface area contributed by atoms with Gasteiger partial charge in [0.05, 0.1) is 0 Å². The first-order valence-electron chi connectivity index (χ1n) is 7.30. The molecule has 0 saturated carbocycles. The minimum Gasteiger partial charge on any atom is -0.316 e. The van der Waals surface area contributed by atoms with Gasteiger partial charge in [-0.1, -0.05) is 26.7 Å². The molecular weight excluding hydrogens is 228 g/mol. The van der Waals surface area contributed by atoms with Gasteiger partial charge in [0.15, 0.2) is 0 Å². The Balaban J connectivity index is 1.78. The monoisotopic (exact) mass is 258 g/mol. The molecule has 1 fully saturated rings. The Morgan fingerprint density at radius 2 is 1.76 bits per heavy atom. The van der Waals surface area contributed by atoms with Crippen molar-refractivity contribution >= 4 is 11.8 Å². The fourth-order valence-electron chi connectivity index (χ4n) is 2.15. The van der Waals surface area contributed by atoms with Crippen molar-refractivity contribution in [1.29, 1.82) is 0 Å². The summed E-state index contributed by atoms with van der Waals surface area (Å²) in [6, 6.07) is 0. The maximum atomic E-state index is 3.51. The van der Waals surface area contributed by atoms with Crippen molar-refractivity contribution in [3.05, 3.63) is 0 Å². The van der Waals surface area contributed by atoms with Crippen LogP contribution < -0.4 is 5.32 Å². The van der Waals surface area contributed by atoms with Crippen LogP contribution in [0.5, 0.6) is 0 Å². The number of nitrogens with zero attached hydrogens (tertiary/aromatic N) is 1. The maximum absolute atomic E-state index is 3.51. The number of nitrogens with one attached hydrogen (secondary N) is 1. The highest BCUT2D eigenvalue weighted by Crippen LogP contribution is 2.10. The smallest absolute Gasteiger partial charge is 0.00727 e. The minimum atomic E-state index is 0.784. The number of hydrogen-bond donors (Lipinski definition) is 1. The molecule has 0 aliphatic carbocycles. The van der Waals surface area contributed by atoms with Crippen LogP contribution in [0.4, 0.5) is 0 Å². The Labute approximate surface area is 112 Å². The molecule has 2 nitrogen and oxygen atoms in total. The predicted octanol–water partition coefficient (Wildman–Crippen LogP) is 2.84. The molecule has 0 aromatic rings. The summed E-state index contributed by atoms with van der Waals surface area (Å²) in [5, 5.41) is 3.51.